The quantitative estimate of drug-likeness (QED) is 0.283. The van der Waals surface area contributed by atoms with Crippen molar-refractivity contribution in [2.75, 3.05) is 7.05 Å². The van der Waals surface area contributed by atoms with E-state index in [1.807, 2.05) is 30.3 Å². The van der Waals surface area contributed by atoms with Gasteiger partial charge < -0.3 is 0 Å². The zero-order valence-electron chi connectivity index (χ0n) is 18.8. The molecule has 4 nitrogen and oxygen atoms in total. The van der Waals surface area contributed by atoms with E-state index in [2.05, 4.69) is 46.2 Å². The highest BCUT2D eigenvalue weighted by atomic mass is 35.5. The molecule has 2 aromatic carbocycles. The van der Waals surface area contributed by atoms with Gasteiger partial charge in [0.1, 0.15) is 6.33 Å². The summed E-state index contributed by atoms with van der Waals surface area (Å²) in [5, 5.41) is 1.54. The minimum Gasteiger partial charge on any atom is -0.299 e. The molecule has 0 atom stereocenters. The Labute approximate surface area is 204 Å². The summed E-state index contributed by atoms with van der Waals surface area (Å²) in [6.45, 7) is 1.02. The van der Waals surface area contributed by atoms with Gasteiger partial charge in [0.15, 0.2) is 6.29 Å². The third-order valence-electron chi connectivity index (χ3n) is 6.10. The monoisotopic (exact) mass is 477 g/mol. The number of aldehydes is 1. The molecule has 4 aromatic rings. The fourth-order valence-electron chi connectivity index (χ4n) is 4.34. The smallest absolute Gasteiger partial charge is 0.161 e. The van der Waals surface area contributed by atoms with Crippen LogP contribution in [0.3, 0.4) is 0 Å². The minimum atomic E-state index is 0.575. The second-order valence-corrected chi connectivity index (χ2v) is 9.86. The van der Waals surface area contributed by atoms with Gasteiger partial charge in [-0.05, 0) is 43.7 Å². The van der Waals surface area contributed by atoms with Crippen molar-refractivity contribution in [1.82, 2.24) is 14.9 Å². The number of carbonyl (C=O) groups is 1. The predicted molar refractivity (Wildman–Crippen MR) is 138 cm³/mol. The van der Waals surface area contributed by atoms with Crippen molar-refractivity contribution in [3.63, 3.8) is 0 Å². The maximum absolute atomic E-state index is 10.5. The number of carbonyl (C=O) groups excluding carboxylic acids is 1. The summed E-state index contributed by atoms with van der Waals surface area (Å²) in [6, 6.07) is 19.1. The van der Waals surface area contributed by atoms with E-state index in [9.17, 15) is 4.79 Å². The molecular formula is C27H28ClN3OS. The molecule has 0 unspecified atom stereocenters. The zero-order valence-corrected chi connectivity index (χ0v) is 20.4. The molecule has 1 aliphatic carbocycles. The summed E-state index contributed by atoms with van der Waals surface area (Å²) >= 11 is 7.36. The van der Waals surface area contributed by atoms with Crippen LogP contribution in [0.15, 0.2) is 67.1 Å². The third kappa shape index (κ3) is 6.05. The van der Waals surface area contributed by atoms with Gasteiger partial charge in [-0.1, -0.05) is 67.3 Å². The van der Waals surface area contributed by atoms with Crippen molar-refractivity contribution >= 4 is 39.3 Å². The van der Waals surface area contributed by atoms with E-state index in [0.29, 0.717) is 9.90 Å². The zero-order chi connectivity index (χ0) is 23.0. The van der Waals surface area contributed by atoms with Crippen LogP contribution in [0.4, 0.5) is 0 Å². The van der Waals surface area contributed by atoms with Crippen LogP contribution < -0.4 is 0 Å². The number of rotatable bonds is 5. The third-order valence-corrected chi connectivity index (χ3v) is 7.72. The van der Waals surface area contributed by atoms with E-state index < -0.39 is 0 Å². The fraction of sp³-hybridized carbons (Fsp3) is 0.296. The van der Waals surface area contributed by atoms with Crippen LogP contribution in [0.1, 0.15) is 47.3 Å². The molecule has 0 bridgehead atoms. The first-order chi connectivity index (χ1) is 16.2. The number of fused-ring (bicyclic) bond motifs is 1. The second kappa shape index (κ2) is 11.5. The van der Waals surface area contributed by atoms with Gasteiger partial charge in [-0.2, -0.15) is 0 Å². The Kier molecular flexibility index (Phi) is 8.21. The van der Waals surface area contributed by atoms with Gasteiger partial charge in [0.05, 0.1) is 15.6 Å². The Balaban J connectivity index is 0.000000183. The molecule has 0 saturated heterocycles. The standard InChI is InChI=1S/C18H23N3.C9H5ClOS/c1-21(17-8-3-2-4-9-17)13-15-6-5-7-16(12-15)18-10-11-19-14-20-18;10-9-6-3-1-2-4-7(6)12-8(9)5-11/h5-7,10-12,14,17H,2-4,8-9,13H2,1H3;1-5H. The van der Waals surface area contributed by atoms with Crippen molar-refractivity contribution in [1.29, 1.82) is 0 Å². The number of benzene rings is 2. The molecule has 33 heavy (non-hydrogen) atoms. The lowest BCUT2D eigenvalue weighted by atomic mass is 9.94. The normalized spacial score (nSPS) is 14.2. The van der Waals surface area contributed by atoms with Crippen molar-refractivity contribution in [3.05, 3.63) is 82.6 Å². The highest BCUT2D eigenvalue weighted by molar-refractivity contribution is 7.21. The molecule has 0 spiro atoms. The molecule has 0 N–H and O–H groups in total. The molecule has 0 radical (unpaired) electrons. The molecule has 2 aromatic heterocycles. The fourth-order valence-corrected chi connectivity index (χ4v) is 5.63. The largest absolute Gasteiger partial charge is 0.299 e. The van der Waals surface area contributed by atoms with E-state index in [1.165, 1.54) is 54.6 Å². The van der Waals surface area contributed by atoms with E-state index in [0.717, 1.165) is 34.7 Å². The number of halogens is 1. The predicted octanol–water partition coefficient (Wildman–Crippen LogP) is 7.28. The molecule has 1 saturated carbocycles. The number of thiophene rings is 1. The number of nitrogens with zero attached hydrogens (tertiary/aromatic N) is 3. The van der Waals surface area contributed by atoms with Gasteiger partial charge in [0, 0.05) is 34.4 Å². The van der Waals surface area contributed by atoms with Gasteiger partial charge in [-0.15, -0.1) is 11.3 Å². The summed E-state index contributed by atoms with van der Waals surface area (Å²) in [7, 11) is 2.26. The lowest BCUT2D eigenvalue weighted by Gasteiger charge is -2.31. The molecule has 5 rings (SSSR count). The summed E-state index contributed by atoms with van der Waals surface area (Å²) in [6.07, 6.45) is 11.1. The van der Waals surface area contributed by atoms with E-state index in [4.69, 9.17) is 11.6 Å². The molecule has 2 heterocycles. The van der Waals surface area contributed by atoms with Crippen LogP contribution in [0.2, 0.25) is 5.02 Å². The minimum absolute atomic E-state index is 0.575. The van der Waals surface area contributed by atoms with Crippen LogP contribution in [-0.4, -0.2) is 34.2 Å². The van der Waals surface area contributed by atoms with Crippen LogP contribution in [0.25, 0.3) is 21.3 Å². The average molecular weight is 478 g/mol. The molecule has 0 aliphatic heterocycles. The summed E-state index contributed by atoms with van der Waals surface area (Å²) in [4.78, 5) is 22.0. The van der Waals surface area contributed by atoms with E-state index in [1.54, 1.807) is 12.5 Å². The Hall–Kier alpha value is -2.60. The molecule has 1 fully saturated rings. The second-order valence-electron chi connectivity index (χ2n) is 8.40. The van der Waals surface area contributed by atoms with Gasteiger partial charge in [-0.3, -0.25) is 9.69 Å². The van der Waals surface area contributed by atoms with Crippen LogP contribution >= 0.6 is 22.9 Å². The van der Waals surface area contributed by atoms with E-state index in [-0.39, 0.29) is 0 Å². The number of aromatic nitrogens is 2. The molecule has 0 amide bonds. The summed E-state index contributed by atoms with van der Waals surface area (Å²) in [5.74, 6) is 0. The Morgan fingerprint density at radius 2 is 1.91 bits per heavy atom. The lowest BCUT2D eigenvalue weighted by molar-refractivity contribution is 0.112. The first-order valence-electron chi connectivity index (χ1n) is 11.3. The van der Waals surface area contributed by atoms with Crippen LogP contribution in [0.5, 0.6) is 0 Å². The molecular weight excluding hydrogens is 450 g/mol. The van der Waals surface area contributed by atoms with E-state index >= 15 is 0 Å². The first kappa shape index (κ1) is 23.6. The Morgan fingerprint density at radius 1 is 1.09 bits per heavy atom. The van der Waals surface area contributed by atoms with Crippen molar-refractivity contribution in [2.24, 2.45) is 0 Å². The molecule has 1 aliphatic rings. The molecule has 170 valence electrons. The van der Waals surface area contributed by atoms with Gasteiger partial charge in [-0.25, -0.2) is 9.97 Å². The summed E-state index contributed by atoms with van der Waals surface area (Å²) in [5.41, 5.74) is 3.53. The Morgan fingerprint density at radius 3 is 2.64 bits per heavy atom. The van der Waals surface area contributed by atoms with Gasteiger partial charge in [0.2, 0.25) is 0 Å². The van der Waals surface area contributed by atoms with Crippen LogP contribution in [-0.2, 0) is 6.54 Å². The number of hydrogen-bond donors (Lipinski definition) is 0. The summed E-state index contributed by atoms with van der Waals surface area (Å²) < 4.78 is 1.06. The molecule has 6 heteroatoms. The maximum Gasteiger partial charge on any atom is 0.161 e. The van der Waals surface area contributed by atoms with Gasteiger partial charge in [0.25, 0.3) is 0 Å². The van der Waals surface area contributed by atoms with Crippen LogP contribution in [0, 0.1) is 0 Å². The Bertz CT molecular complexity index is 1190. The van der Waals surface area contributed by atoms with Crippen molar-refractivity contribution in [3.8, 4) is 11.3 Å². The SMILES string of the molecule is CN(Cc1cccc(-c2ccncn2)c1)C1CCCCC1.O=Cc1sc2ccccc2c1Cl. The van der Waals surface area contributed by atoms with Crippen molar-refractivity contribution in [2.45, 2.75) is 44.7 Å². The van der Waals surface area contributed by atoms with Crippen molar-refractivity contribution < 1.29 is 4.79 Å². The average Bonchev–Trinajstić information content (AvgIpc) is 3.21. The lowest BCUT2D eigenvalue weighted by Crippen LogP contribution is -2.32. The maximum atomic E-state index is 10.5. The highest BCUT2D eigenvalue weighted by Gasteiger charge is 2.18. The first-order valence-corrected chi connectivity index (χ1v) is 12.5. The van der Waals surface area contributed by atoms with Gasteiger partial charge >= 0.3 is 0 Å². The number of hydrogen-bond acceptors (Lipinski definition) is 5. The highest BCUT2D eigenvalue weighted by Crippen LogP contribution is 2.33. The topological polar surface area (TPSA) is 46.1 Å².